The summed E-state index contributed by atoms with van der Waals surface area (Å²) in [6.45, 7) is 3.09. The lowest BCUT2D eigenvalue weighted by molar-refractivity contribution is 0.417. The van der Waals surface area contributed by atoms with Crippen LogP contribution in [0.5, 0.6) is 5.75 Å². The van der Waals surface area contributed by atoms with Gasteiger partial charge in [-0.25, -0.2) is 0 Å². The molecule has 0 fully saturated rings. The fraction of sp³-hybridized carbons (Fsp3) is 0.200. The molecule has 0 radical (unpaired) electrons. The Kier molecular flexibility index (Phi) is 2.59. The molecule has 2 aromatic carbocycles. The van der Waals surface area contributed by atoms with E-state index < -0.39 is 0 Å². The maximum absolute atomic E-state index is 5.43. The topological polar surface area (TPSA) is 24.5 Å². The summed E-state index contributed by atoms with van der Waals surface area (Å²) < 4.78 is 5.43. The molecule has 3 nitrogen and oxygen atoms in total. The number of fused-ring (bicyclic) bond motifs is 2. The largest absolute Gasteiger partial charge is 0.494 e. The van der Waals surface area contributed by atoms with E-state index in [1.165, 1.54) is 5.69 Å². The fourth-order valence-electron chi connectivity index (χ4n) is 2.46. The maximum atomic E-state index is 5.43. The van der Waals surface area contributed by atoms with Gasteiger partial charge in [-0.1, -0.05) is 18.2 Å². The highest BCUT2D eigenvalue weighted by Gasteiger charge is 2.23. The van der Waals surface area contributed by atoms with Crippen molar-refractivity contribution in [1.82, 2.24) is 0 Å². The molecule has 2 aromatic rings. The SMILES string of the molecule is CCN1c2ccccc2Nc2c(OC)cccc21. The number of nitrogens with one attached hydrogen (secondary N) is 1. The molecule has 1 N–H and O–H groups in total. The van der Waals surface area contributed by atoms with E-state index in [1.54, 1.807) is 7.11 Å². The second-order valence-electron chi connectivity index (χ2n) is 4.24. The number of benzene rings is 2. The zero-order valence-electron chi connectivity index (χ0n) is 10.6. The Morgan fingerprint density at radius 3 is 2.61 bits per heavy atom. The average molecular weight is 240 g/mol. The molecule has 1 heterocycles. The summed E-state index contributed by atoms with van der Waals surface area (Å²) in [5.41, 5.74) is 4.54. The Morgan fingerprint density at radius 2 is 1.83 bits per heavy atom. The van der Waals surface area contributed by atoms with Gasteiger partial charge in [0.15, 0.2) is 0 Å². The molecule has 0 amide bonds. The van der Waals surface area contributed by atoms with Crippen LogP contribution in [0.1, 0.15) is 6.92 Å². The Morgan fingerprint density at radius 1 is 1.06 bits per heavy atom. The zero-order valence-corrected chi connectivity index (χ0v) is 10.6. The van der Waals surface area contributed by atoms with Crippen molar-refractivity contribution in [1.29, 1.82) is 0 Å². The summed E-state index contributed by atoms with van der Waals surface area (Å²) in [6.07, 6.45) is 0. The van der Waals surface area contributed by atoms with Crippen LogP contribution in [0.2, 0.25) is 0 Å². The van der Waals surface area contributed by atoms with Gasteiger partial charge in [0.25, 0.3) is 0 Å². The van der Waals surface area contributed by atoms with Crippen LogP contribution in [-0.4, -0.2) is 13.7 Å². The van der Waals surface area contributed by atoms with Crippen molar-refractivity contribution in [3.05, 3.63) is 42.5 Å². The highest BCUT2D eigenvalue weighted by atomic mass is 16.5. The van der Waals surface area contributed by atoms with Gasteiger partial charge < -0.3 is 15.0 Å². The molecule has 1 aliphatic heterocycles. The predicted molar refractivity (Wildman–Crippen MR) is 75.4 cm³/mol. The second kappa shape index (κ2) is 4.26. The number of rotatable bonds is 2. The van der Waals surface area contributed by atoms with E-state index in [0.29, 0.717) is 0 Å². The summed E-state index contributed by atoms with van der Waals surface area (Å²) in [5, 5.41) is 3.46. The number of hydrogen-bond acceptors (Lipinski definition) is 3. The van der Waals surface area contributed by atoms with E-state index in [9.17, 15) is 0 Å². The number of para-hydroxylation sites is 3. The summed E-state index contributed by atoms with van der Waals surface area (Å²) in [5.74, 6) is 0.875. The number of anilines is 4. The quantitative estimate of drug-likeness (QED) is 0.861. The van der Waals surface area contributed by atoms with Crippen molar-refractivity contribution in [2.75, 3.05) is 23.9 Å². The molecule has 3 rings (SSSR count). The van der Waals surface area contributed by atoms with Gasteiger partial charge in [0.2, 0.25) is 0 Å². The van der Waals surface area contributed by atoms with Crippen molar-refractivity contribution in [3.63, 3.8) is 0 Å². The first kappa shape index (κ1) is 11.0. The third kappa shape index (κ3) is 1.51. The normalized spacial score (nSPS) is 12.4. The van der Waals surface area contributed by atoms with E-state index in [-0.39, 0.29) is 0 Å². The number of ether oxygens (including phenoxy) is 1. The summed E-state index contributed by atoms with van der Waals surface area (Å²) >= 11 is 0. The summed E-state index contributed by atoms with van der Waals surface area (Å²) in [7, 11) is 1.70. The van der Waals surface area contributed by atoms with Crippen molar-refractivity contribution in [2.24, 2.45) is 0 Å². The monoisotopic (exact) mass is 240 g/mol. The van der Waals surface area contributed by atoms with Crippen molar-refractivity contribution in [2.45, 2.75) is 6.92 Å². The smallest absolute Gasteiger partial charge is 0.144 e. The van der Waals surface area contributed by atoms with E-state index in [0.717, 1.165) is 29.4 Å². The van der Waals surface area contributed by atoms with E-state index in [1.807, 2.05) is 18.2 Å². The highest BCUT2D eigenvalue weighted by Crippen LogP contribution is 2.47. The third-order valence-electron chi connectivity index (χ3n) is 3.29. The van der Waals surface area contributed by atoms with E-state index in [4.69, 9.17) is 4.74 Å². The van der Waals surface area contributed by atoms with Gasteiger partial charge in [-0.15, -0.1) is 0 Å². The van der Waals surface area contributed by atoms with E-state index in [2.05, 4.69) is 41.4 Å². The van der Waals surface area contributed by atoms with Gasteiger partial charge in [0.1, 0.15) is 11.4 Å². The molecule has 0 saturated heterocycles. The minimum atomic E-state index is 0.875. The van der Waals surface area contributed by atoms with Gasteiger partial charge in [0.05, 0.1) is 24.2 Å². The molecule has 0 aliphatic carbocycles. The molecule has 3 heteroatoms. The van der Waals surface area contributed by atoms with E-state index >= 15 is 0 Å². The van der Waals surface area contributed by atoms with Crippen LogP contribution in [0.25, 0.3) is 0 Å². The van der Waals surface area contributed by atoms with Gasteiger partial charge in [-0.3, -0.25) is 0 Å². The standard InChI is InChI=1S/C15H16N2O/c1-3-17-12-8-5-4-7-11(12)16-15-13(17)9-6-10-14(15)18-2/h4-10,16H,3H2,1-2H3. The van der Waals surface area contributed by atoms with Gasteiger partial charge in [-0.05, 0) is 31.2 Å². The molecule has 0 unspecified atom stereocenters. The molecule has 1 aliphatic rings. The Hall–Kier alpha value is -2.16. The second-order valence-corrected chi connectivity index (χ2v) is 4.24. The van der Waals surface area contributed by atoms with Crippen LogP contribution in [-0.2, 0) is 0 Å². The lowest BCUT2D eigenvalue weighted by atomic mass is 10.1. The first-order chi connectivity index (χ1) is 8.85. The summed E-state index contributed by atoms with van der Waals surface area (Å²) in [6, 6.07) is 14.4. The fourth-order valence-corrected chi connectivity index (χ4v) is 2.46. The molecule has 0 atom stereocenters. The Labute approximate surface area is 107 Å². The first-order valence-corrected chi connectivity index (χ1v) is 6.15. The molecule has 92 valence electrons. The minimum absolute atomic E-state index is 0.875. The average Bonchev–Trinajstić information content (AvgIpc) is 2.44. The molecule has 0 spiro atoms. The Balaban J connectivity index is 2.20. The minimum Gasteiger partial charge on any atom is -0.494 e. The molecule has 0 bridgehead atoms. The van der Waals surface area contributed by atoms with Crippen LogP contribution in [0.4, 0.5) is 22.7 Å². The Bertz CT molecular complexity index is 580. The number of nitrogens with zero attached hydrogens (tertiary/aromatic N) is 1. The van der Waals surface area contributed by atoms with Crippen LogP contribution >= 0.6 is 0 Å². The van der Waals surface area contributed by atoms with Crippen LogP contribution < -0.4 is 15.0 Å². The van der Waals surface area contributed by atoms with Crippen LogP contribution in [0, 0.1) is 0 Å². The first-order valence-electron chi connectivity index (χ1n) is 6.15. The van der Waals surface area contributed by atoms with Crippen molar-refractivity contribution >= 4 is 22.7 Å². The van der Waals surface area contributed by atoms with Crippen molar-refractivity contribution in [3.8, 4) is 5.75 Å². The zero-order chi connectivity index (χ0) is 12.5. The third-order valence-corrected chi connectivity index (χ3v) is 3.29. The predicted octanol–water partition coefficient (Wildman–Crippen LogP) is 3.91. The number of methoxy groups -OCH3 is 1. The number of hydrogen-bond donors (Lipinski definition) is 1. The molecule has 0 aromatic heterocycles. The van der Waals surface area contributed by atoms with Gasteiger partial charge in [-0.2, -0.15) is 0 Å². The van der Waals surface area contributed by atoms with Crippen LogP contribution in [0.15, 0.2) is 42.5 Å². The molecule has 0 saturated carbocycles. The van der Waals surface area contributed by atoms with Gasteiger partial charge in [0, 0.05) is 6.54 Å². The molecular weight excluding hydrogens is 224 g/mol. The maximum Gasteiger partial charge on any atom is 0.144 e. The lowest BCUT2D eigenvalue weighted by Gasteiger charge is -2.33. The van der Waals surface area contributed by atoms with Crippen molar-refractivity contribution < 1.29 is 4.74 Å². The van der Waals surface area contributed by atoms with Gasteiger partial charge >= 0.3 is 0 Å². The lowest BCUT2D eigenvalue weighted by Crippen LogP contribution is -2.22. The molecular formula is C15H16N2O. The highest BCUT2D eigenvalue weighted by molar-refractivity contribution is 5.94. The summed E-state index contributed by atoms with van der Waals surface area (Å²) in [4.78, 5) is 2.30. The molecule has 18 heavy (non-hydrogen) atoms. The van der Waals surface area contributed by atoms with Crippen LogP contribution in [0.3, 0.4) is 0 Å².